The predicted octanol–water partition coefficient (Wildman–Crippen LogP) is 0.911. The summed E-state index contributed by atoms with van der Waals surface area (Å²) in [6, 6.07) is 3.34. The van der Waals surface area contributed by atoms with E-state index in [0.29, 0.717) is 40.8 Å². The maximum absolute atomic E-state index is 13.4. The number of carbonyl (C=O) groups is 3. The first-order chi connectivity index (χ1) is 21.8. The molecule has 0 unspecified atom stereocenters. The Balaban J connectivity index is 1.54. The van der Waals surface area contributed by atoms with Crippen LogP contribution in [-0.4, -0.2) is 80.5 Å². The molecule has 1 saturated heterocycles. The van der Waals surface area contributed by atoms with Crippen LogP contribution in [0.1, 0.15) is 19.8 Å². The number of thiazole rings is 1. The SMILES string of the molecule is CCC(=CC=C1Oc2cc3c(cc2N1CCCS(=O)(=O)O)OCO3)C=c1sc(=C2SC(=S)N(CC(=O)O)C2=O)n(CC(=O)O)c1=O. The van der Waals surface area contributed by atoms with E-state index < -0.39 is 52.4 Å². The lowest BCUT2D eigenvalue weighted by atomic mass is 10.2. The molecule has 0 saturated carbocycles. The summed E-state index contributed by atoms with van der Waals surface area (Å²) in [6.07, 6.45) is 5.33. The molecular weight excluding hydrogens is 687 g/mol. The first-order valence-electron chi connectivity index (χ1n) is 13.4. The van der Waals surface area contributed by atoms with Crippen LogP contribution in [0.25, 0.3) is 11.0 Å². The minimum absolute atomic E-state index is 0.0292. The first-order valence-corrected chi connectivity index (χ1v) is 17.1. The molecule has 3 aliphatic heterocycles. The van der Waals surface area contributed by atoms with Crippen molar-refractivity contribution in [2.45, 2.75) is 26.3 Å². The van der Waals surface area contributed by atoms with Gasteiger partial charge in [-0.2, -0.15) is 8.42 Å². The van der Waals surface area contributed by atoms with Gasteiger partial charge >= 0.3 is 11.9 Å². The maximum Gasteiger partial charge on any atom is 0.323 e. The molecule has 1 amide bonds. The zero-order valence-electron chi connectivity index (χ0n) is 23.8. The number of carboxylic acid groups (broad SMARTS) is 2. The number of carbonyl (C=O) groups excluding carboxylic acids is 1. The second kappa shape index (κ2) is 13.3. The smallest absolute Gasteiger partial charge is 0.323 e. The zero-order valence-corrected chi connectivity index (χ0v) is 27.1. The third-order valence-electron chi connectivity index (χ3n) is 6.71. The summed E-state index contributed by atoms with van der Waals surface area (Å²) < 4.78 is 49.9. The topological polar surface area (TPSA) is 202 Å². The van der Waals surface area contributed by atoms with Crippen LogP contribution in [-0.2, 0) is 31.0 Å². The molecule has 0 atom stereocenters. The number of thiocarbonyl (C=S) groups is 1. The molecule has 0 spiro atoms. The van der Waals surface area contributed by atoms with Gasteiger partial charge in [0.05, 0.1) is 16.0 Å². The largest absolute Gasteiger partial charge is 0.480 e. The molecule has 46 heavy (non-hydrogen) atoms. The van der Waals surface area contributed by atoms with Crippen LogP contribution >= 0.6 is 35.3 Å². The molecule has 0 radical (unpaired) electrons. The van der Waals surface area contributed by atoms with E-state index in [1.54, 1.807) is 35.3 Å². The highest BCUT2D eigenvalue weighted by atomic mass is 32.2. The number of benzene rings is 1. The second-order valence-corrected chi connectivity index (χ2v) is 14.1. The Kier molecular flexibility index (Phi) is 9.59. The van der Waals surface area contributed by atoms with Gasteiger partial charge in [-0.05, 0) is 30.6 Å². The summed E-state index contributed by atoms with van der Waals surface area (Å²) in [5, 5.41) is 18.6. The molecular formula is C27H25N3O12S4. The highest BCUT2D eigenvalue weighted by Crippen LogP contribution is 2.47. The normalized spacial score (nSPS) is 18.5. The van der Waals surface area contributed by atoms with Crippen molar-refractivity contribution >= 4 is 84.3 Å². The van der Waals surface area contributed by atoms with Crippen LogP contribution in [0.2, 0.25) is 0 Å². The Labute approximate surface area is 274 Å². The number of aliphatic carboxylic acids is 2. The third-order valence-corrected chi connectivity index (χ3v) is 10.2. The Bertz CT molecular complexity index is 2010. The van der Waals surface area contributed by atoms with Gasteiger partial charge in [-0.3, -0.25) is 33.2 Å². The van der Waals surface area contributed by atoms with Crippen LogP contribution in [0.5, 0.6) is 17.2 Å². The van der Waals surface area contributed by atoms with E-state index in [1.807, 2.05) is 6.92 Å². The first kappa shape index (κ1) is 33.2. The molecule has 15 nitrogen and oxygen atoms in total. The summed E-state index contributed by atoms with van der Waals surface area (Å²) >= 11 is 6.82. The number of fused-ring (bicyclic) bond motifs is 2. The number of thioether (sulfide) groups is 1. The molecule has 3 aliphatic rings. The van der Waals surface area contributed by atoms with Gasteiger partial charge in [-0.15, -0.1) is 11.3 Å². The fourth-order valence-corrected chi connectivity index (χ4v) is 7.65. The number of hydrogen-bond acceptors (Lipinski definition) is 13. The van der Waals surface area contributed by atoms with Crippen molar-refractivity contribution in [2.75, 3.05) is 30.5 Å². The summed E-state index contributed by atoms with van der Waals surface area (Å²) in [5.41, 5.74) is 0.542. The standard InChI is InChI=1S/C27H25N3O12S4/c1-2-14(4-5-20-28(6-3-7-46(37,38)39)15-9-17-18(41-13-40-17)10-16(15)42-20)8-19-24(35)29(11-21(31)32)26(44-19)23-25(36)30(12-22(33)34)27(43)45-23/h4-5,8-10H,2-3,6-7,11-13H2,1H3,(H,31,32)(H,33,34)(H,37,38,39). The number of anilines is 1. The van der Waals surface area contributed by atoms with Crippen LogP contribution < -0.4 is 33.9 Å². The van der Waals surface area contributed by atoms with Gasteiger partial charge in [-0.25, -0.2) is 0 Å². The molecule has 19 heteroatoms. The van der Waals surface area contributed by atoms with E-state index >= 15 is 0 Å². The number of rotatable bonds is 11. The van der Waals surface area contributed by atoms with E-state index in [9.17, 15) is 37.3 Å². The molecule has 4 heterocycles. The minimum atomic E-state index is -4.19. The van der Waals surface area contributed by atoms with Crippen LogP contribution in [0.15, 0.2) is 40.5 Å². The summed E-state index contributed by atoms with van der Waals surface area (Å²) in [5.74, 6) is -2.11. The lowest BCUT2D eigenvalue weighted by Gasteiger charge is -2.18. The number of hydrogen-bond donors (Lipinski definition) is 3. The third kappa shape index (κ3) is 7.12. The number of amides is 1. The van der Waals surface area contributed by atoms with E-state index in [1.165, 1.54) is 0 Å². The van der Waals surface area contributed by atoms with Crippen molar-refractivity contribution in [1.29, 1.82) is 0 Å². The van der Waals surface area contributed by atoms with Crippen molar-refractivity contribution in [2.24, 2.45) is 0 Å². The average Bonchev–Trinajstić information content (AvgIpc) is 3.71. The van der Waals surface area contributed by atoms with Gasteiger partial charge in [0.1, 0.15) is 27.0 Å². The quantitative estimate of drug-likeness (QED) is 0.219. The second-order valence-electron chi connectivity index (χ2n) is 9.85. The number of allylic oxidation sites excluding steroid dienone is 3. The number of ether oxygens (including phenoxy) is 3. The summed E-state index contributed by atoms with van der Waals surface area (Å²) in [7, 11) is -4.19. The minimum Gasteiger partial charge on any atom is -0.480 e. The molecule has 5 rings (SSSR count). The Morgan fingerprint density at radius 3 is 2.41 bits per heavy atom. The molecule has 3 N–H and O–H groups in total. The maximum atomic E-state index is 13.4. The Morgan fingerprint density at radius 1 is 1.07 bits per heavy atom. The number of carboxylic acids is 2. The van der Waals surface area contributed by atoms with E-state index in [4.69, 9.17) is 31.5 Å². The summed E-state index contributed by atoms with van der Waals surface area (Å²) in [6.45, 7) is 0.613. The van der Waals surface area contributed by atoms with Gasteiger partial charge in [-0.1, -0.05) is 37.0 Å². The molecule has 1 aromatic carbocycles. The molecule has 0 aliphatic carbocycles. The zero-order chi connectivity index (χ0) is 33.3. The van der Waals surface area contributed by atoms with Gasteiger partial charge in [0.15, 0.2) is 17.2 Å². The van der Waals surface area contributed by atoms with Gasteiger partial charge in [0, 0.05) is 18.7 Å². The number of nitrogens with zero attached hydrogens (tertiary/aromatic N) is 3. The van der Waals surface area contributed by atoms with Crippen molar-refractivity contribution in [3.63, 3.8) is 0 Å². The van der Waals surface area contributed by atoms with Crippen LogP contribution in [0.3, 0.4) is 0 Å². The fourth-order valence-electron chi connectivity index (χ4n) is 4.63. The van der Waals surface area contributed by atoms with E-state index in [-0.39, 0.29) is 38.2 Å². The highest BCUT2D eigenvalue weighted by Gasteiger charge is 2.35. The van der Waals surface area contributed by atoms with Crippen molar-refractivity contribution in [1.82, 2.24) is 9.47 Å². The lowest BCUT2D eigenvalue weighted by Crippen LogP contribution is -2.36. The van der Waals surface area contributed by atoms with Gasteiger partial charge in [0.2, 0.25) is 12.7 Å². The summed E-state index contributed by atoms with van der Waals surface area (Å²) in [4.78, 5) is 51.8. The van der Waals surface area contributed by atoms with Crippen LogP contribution in [0, 0.1) is 0 Å². The monoisotopic (exact) mass is 711 g/mol. The number of aromatic nitrogens is 1. The Hall–Kier alpha value is -4.17. The fraction of sp³-hybridized carbons (Fsp3) is 0.296. The van der Waals surface area contributed by atoms with E-state index in [0.717, 1.165) is 32.6 Å². The van der Waals surface area contributed by atoms with Crippen molar-refractivity contribution < 1.29 is 51.8 Å². The molecule has 2 aromatic rings. The molecule has 0 bridgehead atoms. The van der Waals surface area contributed by atoms with Gasteiger partial charge in [0.25, 0.3) is 21.6 Å². The lowest BCUT2D eigenvalue weighted by molar-refractivity contribution is -0.140. The van der Waals surface area contributed by atoms with Crippen molar-refractivity contribution in [3.05, 3.63) is 55.3 Å². The Morgan fingerprint density at radius 2 is 1.76 bits per heavy atom. The highest BCUT2D eigenvalue weighted by molar-refractivity contribution is 8.30. The van der Waals surface area contributed by atoms with Crippen LogP contribution in [0.4, 0.5) is 5.69 Å². The molecule has 1 fully saturated rings. The van der Waals surface area contributed by atoms with Crippen molar-refractivity contribution in [3.8, 4) is 17.2 Å². The average molecular weight is 712 g/mol. The van der Waals surface area contributed by atoms with E-state index in [2.05, 4.69) is 0 Å². The molecule has 1 aromatic heterocycles. The predicted molar refractivity (Wildman–Crippen MR) is 171 cm³/mol. The molecule has 244 valence electrons. The van der Waals surface area contributed by atoms with Gasteiger partial charge < -0.3 is 29.3 Å².